The third-order valence-electron chi connectivity index (χ3n) is 2.66. The Kier molecular flexibility index (Phi) is 1.82. The number of nitrogens with zero attached hydrogens (tertiary/aromatic N) is 2. The number of hydrogen-bond donors (Lipinski definition) is 2. The topological polar surface area (TPSA) is 75.3 Å². The lowest BCUT2D eigenvalue weighted by atomic mass is 10.0. The molecule has 0 radical (unpaired) electrons. The highest BCUT2D eigenvalue weighted by molar-refractivity contribution is 5.94. The van der Waals surface area contributed by atoms with E-state index in [9.17, 15) is 15.1 Å². The first kappa shape index (κ1) is 9.65. The third-order valence-corrected chi connectivity index (χ3v) is 2.66. The van der Waals surface area contributed by atoms with E-state index < -0.39 is 0 Å². The van der Waals surface area contributed by atoms with E-state index in [4.69, 9.17) is 0 Å². The first-order valence-electron chi connectivity index (χ1n) is 5.00. The van der Waals surface area contributed by atoms with Crippen molar-refractivity contribution in [2.24, 2.45) is 0 Å². The van der Waals surface area contributed by atoms with Crippen LogP contribution in [0, 0.1) is 0 Å². The number of aromatic nitrogens is 2. The molecule has 0 spiro atoms. The number of fused-ring (bicyclic) bond motifs is 3. The second kappa shape index (κ2) is 3.21. The molecule has 0 saturated carbocycles. The predicted molar refractivity (Wildman–Crippen MR) is 61.5 cm³/mol. The van der Waals surface area contributed by atoms with E-state index in [1.165, 1.54) is 24.3 Å². The molecule has 0 saturated heterocycles. The van der Waals surface area contributed by atoms with Gasteiger partial charge in [0.15, 0.2) is 5.43 Å². The molecule has 3 rings (SSSR count). The first-order valence-corrected chi connectivity index (χ1v) is 5.00. The van der Waals surface area contributed by atoms with Crippen LogP contribution < -0.4 is 5.43 Å². The molecule has 0 atom stereocenters. The molecule has 2 N–H and O–H groups in total. The van der Waals surface area contributed by atoms with Gasteiger partial charge in [0.2, 0.25) is 0 Å². The van der Waals surface area contributed by atoms with Crippen LogP contribution in [0.25, 0.3) is 22.2 Å². The van der Waals surface area contributed by atoms with E-state index >= 15 is 0 Å². The standard InChI is InChI=1S/C12H8N2O3/c15-7-1-3-9-10-4-2-8(16)6-12(10)14(17)13-11(9)5-7/h1-6,15,17H. The number of phenolic OH excluding ortho intramolecular Hbond substituents is 1. The Morgan fingerprint density at radius 1 is 1.12 bits per heavy atom. The normalized spacial score (nSPS) is 11.1. The number of rotatable bonds is 0. The molecule has 17 heavy (non-hydrogen) atoms. The number of benzene rings is 2. The quantitative estimate of drug-likeness (QED) is 0.451. The van der Waals surface area contributed by atoms with E-state index in [1.807, 2.05) is 0 Å². The Balaban J connectivity index is 2.55. The van der Waals surface area contributed by atoms with Crippen LogP contribution in [0.3, 0.4) is 0 Å². The maximum Gasteiger partial charge on any atom is 0.180 e. The Hall–Kier alpha value is -2.56. The van der Waals surface area contributed by atoms with Crippen molar-refractivity contribution in [3.8, 4) is 17.0 Å². The second-order valence-electron chi connectivity index (χ2n) is 3.77. The first-order chi connectivity index (χ1) is 8.15. The minimum Gasteiger partial charge on any atom is -0.508 e. The van der Waals surface area contributed by atoms with Gasteiger partial charge in [-0.1, -0.05) is 0 Å². The molecule has 2 aliphatic rings. The molecule has 0 amide bonds. The van der Waals surface area contributed by atoms with Crippen LogP contribution in [0.15, 0.2) is 41.2 Å². The van der Waals surface area contributed by atoms with Crippen LogP contribution in [0.2, 0.25) is 0 Å². The highest BCUT2D eigenvalue weighted by Crippen LogP contribution is 2.29. The molecular weight excluding hydrogens is 220 g/mol. The molecular formula is C12H8N2O3. The Labute approximate surface area is 95.5 Å². The van der Waals surface area contributed by atoms with Crippen LogP contribution in [-0.2, 0) is 0 Å². The third kappa shape index (κ3) is 1.40. The summed E-state index contributed by atoms with van der Waals surface area (Å²) in [5.41, 5.74) is 1.31. The molecule has 0 unspecified atom stereocenters. The summed E-state index contributed by atoms with van der Waals surface area (Å²) >= 11 is 0. The van der Waals surface area contributed by atoms with Gasteiger partial charge in [0.05, 0.1) is 5.52 Å². The fourth-order valence-corrected chi connectivity index (χ4v) is 1.89. The zero-order valence-electron chi connectivity index (χ0n) is 8.66. The highest BCUT2D eigenvalue weighted by atomic mass is 16.5. The van der Waals surface area contributed by atoms with E-state index in [0.29, 0.717) is 21.6 Å². The van der Waals surface area contributed by atoms with Gasteiger partial charge in [0, 0.05) is 23.1 Å². The average molecular weight is 228 g/mol. The molecule has 84 valence electrons. The van der Waals surface area contributed by atoms with Gasteiger partial charge in [-0.25, -0.2) is 0 Å². The minimum absolute atomic E-state index is 0.0739. The van der Waals surface area contributed by atoms with Crippen molar-refractivity contribution in [2.45, 2.75) is 0 Å². The van der Waals surface area contributed by atoms with Crippen molar-refractivity contribution in [1.82, 2.24) is 9.94 Å². The summed E-state index contributed by atoms with van der Waals surface area (Å²) in [4.78, 5) is 11.9. The lowest BCUT2D eigenvalue weighted by Crippen LogP contribution is -2.09. The summed E-state index contributed by atoms with van der Waals surface area (Å²) in [5.74, 6) is 0.0739. The SMILES string of the molecule is O=c1ccc2c3ccc(O)cc3nn(O)c-2c1. The molecule has 1 aromatic rings. The second-order valence-corrected chi connectivity index (χ2v) is 3.77. The molecule has 1 aliphatic heterocycles. The van der Waals surface area contributed by atoms with E-state index in [0.717, 1.165) is 5.39 Å². The van der Waals surface area contributed by atoms with Gasteiger partial charge in [-0.3, -0.25) is 4.79 Å². The van der Waals surface area contributed by atoms with Crippen LogP contribution in [0.4, 0.5) is 0 Å². The molecule has 1 heterocycles. The highest BCUT2D eigenvalue weighted by Gasteiger charge is 2.12. The van der Waals surface area contributed by atoms with Crippen LogP contribution >= 0.6 is 0 Å². The summed E-state index contributed by atoms with van der Waals surface area (Å²) in [5, 5.41) is 23.7. The zero-order valence-corrected chi connectivity index (χ0v) is 8.66. The van der Waals surface area contributed by atoms with E-state index in [1.54, 1.807) is 12.1 Å². The summed E-state index contributed by atoms with van der Waals surface area (Å²) < 4.78 is 0. The molecule has 0 aromatic heterocycles. The van der Waals surface area contributed by atoms with Crippen molar-refractivity contribution in [3.63, 3.8) is 0 Å². The summed E-state index contributed by atoms with van der Waals surface area (Å²) in [6.45, 7) is 0. The summed E-state index contributed by atoms with van der Waals surface area (Å²) in [6.07, 6.45) is 0. The van der Waals surface area contributed by atoms with Crippen molar-refractivity contribution in [3.05, 3.63) is 46.6 Å². The molecule has 1 aliphatic carbocycles. The summed E-state index contributed by atoms with van der Waals surface area (Å²) in [7, 11) is 0. The summed E-state index contributed by atoms with van der Waals surface area (Å²) in [6, 6.07) is 9.06. The molecule has 1 aromatic carbocycles. The fraction of sp³-hybridized carbons (Fsp3) is 0. The van der Waals surface area contributed by atoms with Gasteiger partial charge in [-0.05, 0) is 24.3 Å². The van der Waals surface area contributed by atoms with Crippen LogP contribution in [0.5, 0.6) is 5.75 Å². The Bertz CT molecular complexity index is 749. The Morgan fingerprint density at radius 3 is 2.76 bits per heavy atom. The Morgan fingerprint density at radius 2 is 1.94 bits per heavy atom. The lowest BCUT2D eigenvalue weighted by molar-refractivity contribution is 0.152. The molecule has 0 fully saturated rings. The number of hydrogen-bond acceptors (Lipinski definition) is 4. The van der Waals surface area contributed by atoms with Gasteiger partial charge >= 0.3 is 0 Å². The van der Waals surface area contributed by atoms with Gasteiger partial charge in [-0.2, -0.15) is 0 Å². The zero-order chi connectivity index (χ0) is 12.0. The smallest absolute Gasteiger partial charge is 0.180 e. The van der Waals surface area contributed by atoms with E-state index in [-0.39, 0.29) is 11.2 Å². The van der Waals surface area contributed by atoms with Gasteiger partial charge in [-0.15, -0.1) is 9.94 Å². The van der Waals surface area contributed by atoms with E-state index in [2.05, 4.69) is 5.10 Å². The van der Waals surface area contributed by atoms with Gasteiger partial charge in [0.1, 0.15) is 11.4 Å². The fourth-order valence-electron chi connectivity index (χ4n) is 1.89. The monoisotopic (exact) mass is 228 g/mol. The van der Waals surface area contributed by atoms with Gasteiger partial charge < -0.3 is 10.3 Å². The average Bonchev–Trinajstić information content (AvgIpc) is 2.29. The van der Waals surface area contributed by atoms with Gasteiger partial charge in [0.25, 0.3) is 0 Å². The number of aromatic hydroxyl groups is 1. The maximum atomic E-state index is 11.2. The minimum atomic E-state index is -0.194. The lowest BCUT2D eigenvalue weighted by Gasteiger charge is -2.11. The van der Waals surface area contributed by atoms with Crippen molar-refractivity contribution < 1.29 is 10.3 Å². The number of phenols is 1. The molecule has 5 nitrogen and oxygen atoms in total. The molecule has 5 heteroatoms. The largest absolute Gasteiger partial charge is 0.508 e. The van der Waals surface area contributed by atoms with Crippen LogP contribution in [0.1, 0.15) is 0 Å². The predicted octanol–water partition coefficient (Wildman–Crippen LogP) is 1.44. The van der Waals surface area contributed by atoms with Crippen molar-refractivity contribution in [2.75, 3.05) is 0 Å². The van der Waals surface area contributed by atoms with Crippen LogP contribution in [-0.4, -0.2) is 20.3 Å². The maximum absolute atomic E-state index is 11.2. The van der Waals surface area contributed by atoms with Crippen molar-refractivity contribution >= 4 is 10.9 Å². The molecule has 0 bridgehead atoms. The van der Waals surface area contributed by atoms with Crippen molar-refractivity contribution in [1.29, 1.82) is 0 Å².